The second-order valence-corrected chi connectivity index (χ2v) is 5.60. The van der Waals surface area contributed by atoms with Crippen LogP contribution in [0.5, 0.6) is 23.0 Å². The summed E-state index contributed by atoms with van der Waals surface area (Å²) in [5, 5.41) is 22.9. The van der Waals surface area contributed by atoms with E-state index in [-0.39, 0.29) is 60.5 Å². The van der Waals surface area contributed by atoms with E-state index < -0.39 is 0 Å². The molecule has 0 aliphatic rings. The Balaban J connectivity index is 0.00000392. The van der Waals surface area contributed by atoms with E-state index in [1.165, 1.54) is 62.8 Å². The van der Waals surface area contributed by atoms with E-state index in [1.54, 1.807) is 12.1 Å². The van der Waals surface area contributed by atoms with Gasteiger partial charge in [-0.15, -0.1) is 0 Å². The van der Waals surface area contributed by atoms with Crippen LogP contribution in [0.25, 0.3) is 12.2 Å². The van der Waals surface area contributed by atoms with Crippen LogP contribution in [0.2, 0.25) is 0 Å². The first-order chi connectivity index (χ1) is 12.9. The zero-order valence-electron chi connectivity index (χ0n) is 15.6. The molecule has 140 valence electrons. The molecule has 0 unspecified atom stereocenters. The third-order valence-corrected chi connectivity index (χ3v) is 3.65. The molecule has 0 radical (unpaired) electrons. The second kappa shape index (κ2) is 11.0. The van der Waals surface area contributed by atoms with E-state index in [1.807, 2.05) is 0 Å². The van der Waals surface area contributed by atoms with Crippen molar-refractivity contribution in [3.63, 3.8) is 0 Å². The van der Waals surface area contributed by atoms with Crippen LogP contribution in [-0.2, 0) is 29.1 Å². The predicted molar refractivity (Wildman–Crippen MR) is 97.6 cm³/mol. The van der Waals surface area contributed by atoms with Gasteiger partial charge in [0.1, 0.15) is 11.5 Å². The topological polar surface area (TPSA) is 98.7 Å². The molecule has 0 aromatic heterocycles. The number of rotatable bonds is 8. The predicted octanol–water partition coefficient (Wildman–Crippen LogP) is 2.10. The Morgan fingerprint density at radius 3 is 1.57 bits per heavy atom. The van der Waals surface area contributed by atoms with Gasteiger partial charge in [0, 0.05) is 0 Å². The number of hydrogen-bond acceptors (Lipinski definition) is 6. The quantitative estimate of drug-likeness (QED) is 0.360. The van der Waals surface area contributed by atoms with E-state index in [0.717, 1.165) is 0 Å². The van der Waals surface area contributed by atoms with Crippen molar-refractivity contribution < 1.29 is 48.8 Å². The number of ketones is 2. The molecule has 28 heavy (non-hydrogen) atoms. The van der Waals surface area contributed by atoms with Crippen LogP contribution in [0, 0.1) is 0 Å². The van der Waals surface area contributed by atoms with Crippen molar-refractivity contribution in [2.45, 2.75) is 6.42 Å². The minimum Gasteiger partial charge on any atom is -0.870 e. The van der Waals surface area contributed by atoms with E-state index in [2.05, 4.69) is 0 Å². The average molecular weight is 432 g/mol. The number of carbonyl (C=O) groups excluding carboxylic acids is 2. The van der Waals surface area contributed by atoms with Gasteiger partial charge < -0.3 is 19.7 Å². The monoisotopic (exact) mass is 430 g/mol. The second-order valence-electron chi connectivity index (χ2n) is 5.60. The van der Waals surface area contributed by atoms with Gasteiger partial charge in [0.05, 0.1) is 20.6 Å². The Bertz CT molecular complexity index is 828. The Morgan fingerprint density at radius 2 is 1.21 bits per heavy atom. The number of methoxy groups -OCH3 is 2. The molecular formula is C21H18O6Zn. The third-order valence-electron chi connectivity index (χ3n) is 3.65. The number of benzene rings is 2. The van der Waals surface area contributed by atoms with Crippen molar-refractivity contribution in [2.75, 3.05) is 14.2 Å². The van der Waals surface area contributed by atoms with Crippen molar-refractivity contribution in [3.8, 4) is 23.0 Å². The van der Waals surface area contributed by atoms with Crippen molar-refractivity contribution in [2.24, 2.45) is 0 Å². The molecule has 0 atom stereocenters. The number of carbonyl (C=O) groups is 2. The Kier molecular flexibility index (Phi) is 9.12. The van der Waals surface area contributed by atoms with Gasteiger partial charge in [-0.3, -0.25) is 9.59 Å². The van der Waals surface area contributed by atoms with Crippen molar-refractivity contribution in [3.05, 3.63) is 59.7 Å². The molecule has 2 aromatic rings. The fourth-order valence-electron chi connectivity index (χ4n) is 2.24. The fraction of sp³-hybridized carbons (Fsp3) is 0.143. The fourth-order valence-corrected chi connectivity index (χ4v) is 2.24. The summed E-state index contributed by atoms with van der Waals surface area (Å²) in [6, 6.07) is 8.84. The number of allylic oxidation sites excluding steroid dienone is 2. The zero-order valence-corrected chi connectivity index (χ0v) is 18.6. The van der Waals surface area contributed by atoms with E-state index >= 15 is 0 Å². The summed E-state index contributed by atoms with van der Waals surface area (Å²) in [5.41, 5.74) is 1.24. The standard InChI is InChI=1S/C21H20O6.Zn/c1-26-20-11-14(5-9-18(20)24)3-7-16(22)13-17(23)8-4-15-6-10-19(25)21(12-15)27-2;/h3-12,24-25H,13H2,1-2H3;/q;+2/p-2/b7-3+,8-4+;. The van der Waals surface area contributed by atoms with Crippen molar-refractivity contribution in [1.29, 1.82) is 0 Å². The molecule has 0 saturated heterocycles. The van der Waals surface area contributed by atoms with Crippen LogP contribution in [-0.4, -0.2) is 25.8 Å². The van der Waals surface area contributed by atoms with Crippen LogP contribution < -0.4 is 19.7 Å². The Labute approximate surface area is 175 Å². The summed E-state index contributed by atoms with van der Waals surface area (Å²) >= 11 is 0. The summed E-state index contributed by atoms with van der Waals surface area (Å²) in [6.07, 6.45) is 5.29. The molecule has 6 nitrogen and oxygen atoms in total. The normalized spacial score (nSPS) is 10.6. The van der Waals surface area contributed by atoms with Crippen molar-refractivity contribution >= 4 is 23.7 Å². The van der Waals surface area contributed by atoms with Crippen molar-refractivity contribution in [1.82, 2.24) is 0 Å². The molecule has 0 aliphatic heterocycles. The smallest absolute Gasteiger partial charge is 0.870 e. The minimum atomic E-state index is -0.373. The van der Waals surface area contributed by atoms with E-state index in [0.29, 0.717) is 11.1 Å². The van der Waals surface area contributed by atoms with Crippen LogP contribution in [0.1, 0.15) is 17.5 Å². The molecule has 7 heteroatoms. The van der Waals surface area contributed by atoms with Gasteiger partial charge in [-0.25, -0.2) is 0 Å². The molecule has 0 aliphatic carbocycles. The first kappa shape index (κ1) is 23.1. The minimum absolute atomic E-state index is 0. The summed E-state index contributed by atoms with van der Waals surface area (Å²) in [5.74, 6) is -0.873. The van der Waals surface area contributed by atoms with Crippen LogP contribution in [0.4, 0.5) is 0 Å². The van der Waals surface area contributed by atoms with Gasteiger partial charge in [-0.2, -0.15) is 0 Å². The SMILES string of the molecule is COc1cc(/C=C/C(=O)CC(=O)/C=C/c2ccc([O-])c(OC)c2)ccc1[O-].[Zn+2]. The molecule has 0 amide bonds. The van der Waals surface area contributed by atoms with Gasteiger partial charge in [-0.05, 0) is 35.4 Å². The maximum absolute atomic E-state index is 11.9. The Hall–Kier alpha value is -2.92. The molecule has 2 aromatic carbocycles. The van der Waals surface area contributed by atoms with E-state index in [4.69, 9.17) is 9.47 Å². The molecule has 0 heterocycles. The summed E-state index contributed by atoms with van der Waals surface area (Å²) in [4.78, 5) is 23.8. The largest absolute Gasteiger partial charge is 2.00 e. The maximum atomic E-state index is 11.9. The molecule has 0 fully saturated rings. The van der Waals surface area contributed by atoms with Crippen LogP contribution >= 0.6 is 0 Å². The molecule has 0 spiro atoms. The molecule has 0 N–H and O–H groups in total. The van der Waals surface area contributed by atoms with Gasteiger partial charge in [0.2, 0.25) is 0 Å². The van der Waals surface area contributed by atoms with Gasteiger partial charge in [0.15, 0.2) is 11.6 Å². The van der Waals surface area contributed by atoms with Crippen LogP contribution in [0.15, 0.2) is 48.6 Å². The van der Waals surface area contributed by atoms with Crippen LogP contribution in [0.3, 0.4) is 0 Å². The van der Waals surface area contributed by atoms with Gasteiger partial charge in [-0.1, -0.05) is 47.9 Å². The Morgan fingerprint density at radius 1 is 0.821 bits per heavy atom. The maximum Gasteiger partial charge on any atom is 2.00 e. The molecule has 2 rings (SSSR count). The number of hydrogen-bond donors (Lipinski definition) is 0. The average Bonchev–Trinajstić information content (AvgIpc) is 2.66. The zero-order chi connectivity index (χ0) is 19.8. The first-order valence-corrected chi connectivity index (χ1v) is 8.05. The summed E-state index contributed by atoms with van der Waals surface area (Å²) in [6.45, 7) is 0. The van der Waals surface area contributed by atoms with Gasteiger partial charge in [0.25, 0.3) is 0 Å². The van der Waals surface area contributed by atoms with Gasteiger partial charge >= 0.3 is 19.5 Å². The molecule has 0 bridgehead atoms. The summed E-state index contributed by atoms with van der Waals surface area (Å²) in [7, 11) is 2.78. The summed E-state index contributed by atoms with van der Waals surface area (Å²) < 4.78 is 9.86. The molecular weight excluding hydrogens is 414 g/mol. The van der Waals surface area contributed by atoms with E-state index in [9.17, 15) is 19.8 Å². The first-order valence-electron chi connectivity index (χ1n) is 8.05. The third kappa shape index (κ3) is 6.67. The number of ether oxygens (including phenoxy) is 2. The molecule has 0 saturated carbocycles.